The molecule has 2 nitrogen and oxygen atoms in total. The maximum absolute atomic E-state index is 13.2. The van der Waals surface area contributed by atoms with Crippen LogP contribution in [0.1, 0.15) is 12.8 Å². The second-order valence-electron chi connectivity index (χ2n) is 8.83. The standard InChI is InChI=1S/C31H21NOS2/c33-31-23-7-1-4-10-27(23)34-28-18-15-21(19-24(28)31)20-13-16-22(17-14-20)32-25-8-2-5-11-29(25)35-30-12-6-3-9-26(30)32/h2-3,5-19H,1,4H2. The van der Waals surface area contributed by atoms with Gasteiger partial charge in [0.25, 0.3) is 0 Å². The maximum Gasteiger partial charge on any atom is 0.195 e. The molecule has 1 aliphatic heterocycles. The molecule has 2 aliphatic rings. The summed E-state index contributed by atoms with van der Waals surface area (Å²) in [6.07, 6.45) is 6.26. The van der Waals surface area contributed by atoms with Crippen molar-refractivity contribution in [3.8, 4) is 11.1 Å². The molecule has 2 heterocycles. The highest BCUT2D eigenvalue weighted by atomic mass is 32.2. The topological polar surface area (TPSA) is 20.3 Å². The summed E-state index contributed by atoms with van der Waals surface area (Å²) in [5.74, 6) is 0. The van der Waals surface area contributed by atoms with Crippen LogP contribution in [0.5, 0.6) is 0 Å². The lowest BCUT2D eigenvalue weighted by atomic mass is 10.0. The molecular weight excluding hydrogens is 466 g/mol. The third-order valence-corrected chi connectivity index (χ3v) is 9.00. The van der Waals surface area contributed by atoms with Gasteiger partial charge >= 0.3 is 0 Å². The molecule has 1 aliphatic carbocycles. The molecule has 0 saturated carbocycles. The Balaban J connectivity index is 1.32. The van der Waals surface area contributed by atoms with Gasteiger partial charge in [0.15, 0.2) is 5.43 Å². The summed E-state index contributed by atoms with van der Waals surface area (Å²) in [7, 11) is 0. The van der Waals surface area contributed by atoms with Crippen molar-refractivity contribution in [1.29, 1.82) is 0 Å². The van der Waals surface area contributed by atoms with Crippen molar-refractivity contribution >= 4 is 62.4 Å². The minimum atomic E-state index is 0.155. The van der Waals surface area contributed by atoms with Gasteiger partial charge in [0.05, 0.1) is 11.4 Å². The van der Waals surface area contributed by atoms with E-state index in [2.05, 4.69) is 108 Å². The lowest BCUT2D eigenvalue weighted by Crippen LogP contribution is -2.38. The fourth-order valence-electron chi connectivity index (χ4n) is 4.98. The highest BCUT2D eigenvalue weighted by molar-refractivity contribution is 7.99. The predicted octanol–water partition coefficient (Wildman–Crippen LogP) is 7.22. The summed E-state index contributed by atoms with van der Waals surface area (Å²) in [5.41, 5.74) is 5.86. The van der Waals surface area contributed by atoms with Gasteiger partial charge in [-0.1, -0.05) is 66.4 Å². The summed E-state index contributed by atoms with van der Waals surface area (Å²) in [6, 6.07) is 32.1. The van der Waals surface area contributed by atoms with Gasteiger partial charge in [-0.05, 0) is 72.5 Å². The number of anilines is 3. The zero-order chi connectivity index (χ0) is 23.4. The van der Waals surface area contributed by atoms with E-state index in [1.54, 1.807) is 11.3 Å². The molecule has 0 amide bonds. The summed E-state index contributed by atoms with van der Waals surface area (Å²) in [5, 5.41) is 1.69. The van der Waals surface area contributed by atoms with E-state index in [-0.39, 0.29) is 5.43 Å². The highest BCUT2D eigenvalue weighted by Gasteiger charge is 2.24. The summed E-state index contributed by atoms with van der Waals surface area (Å²) >= 11 is 3.54. The van der Waals surface area contributed by atoms with E-state index in [0.717, 1.165) is 49.5 Å². The molecule has 0 N–H and O–H groups in total. The second kappa shape index (κ2) is 8.26. The van der Waals surface area contributed by atoms with E-state index in [1.165, 1.54) is 21.2 Å². The zero-order valence-electron chi connectivity index (χ0n) is 18.9. The van der Waals surface area contributed by atoms with Gasteiger partial charge in [0, 0.05) is 35.3 Å². The van der Waals surface area contributed by atoms with Crippen molar-refractivity contribution in [2.45, 2.75) is 22.6 Å². The largest absolute Gasteiger partial charge is 0.308 e. The Bertz CT molecular complexity index is 1760. The first-order chi connectivity index (χ1) is 17.3. The quantitative estimate of drug-likeness (QED) is 0.257. The van der Waals surface area contributed by atoms with E-state index in [0.29, 0.717) is 0 Å². The van der Waals surface area contributed by atoms with Crippen LogP contribution >= 0.6 is 23.1 Å². The average molecular weight is 488 g/mol. The normalized spacial score (nSPS) is 13.9. The van der Waals surface area contributed by atoms with Gasteiger partial charge < -0.3 is 4.90 Å². The van der Waals surface area contributed by atoms with Gasteiger partial charge in [0.2, 0.25) is 0 Å². The molecular formula is C31H21NOS2. The first-order valence-corrected chi connectivity index (χ1v) is 13.4. The number of para-hydroxylation sites is 2. The minimum absolute atomic E-state index is 0.155. The van der Waals surface area contributed by atoms with Crippen molar-refractivity contribution in [1.82, 2.24) is 0 Å². The van der Waals surface area contributed by atoms with Crippen LogP contribution in [0.4, 0.5) is 17.1 Å². The van der Waals surface area contributed by atoms with Crippen molar-refractivity contribution in [3.05, 3.63) is 111 Å². The Labute approximate surface area is 211 Å². The van der Waals surface area contributed by atoms with Gasteiger partial charge in [-0.2, -0.15) is 0 Å². The molecule has 0 bridgehead atoms. The molecule has 5 aromatic rings. The first-order valence-electron chi connectivity index (χ1n) is 11.8. The van der Waals surface area contributed by atoms with E-state index in [1.807, 2.05) is 11.8 Å². The van der Waals surface area contributed by atoms with Crippen LogP contribution in [0.3, 0.4) is 0 Å². The van der Waals surface area contributed by atoms with E-state index in [4.69, 9.17) is 0 Å². The van der Waals surface area contributed by atoms with Crippen LogP contribution in [0.2, 0.25) is 0 Å². The molecule has 1 aromatic heterocycles. The van der Waals surface area contributed by atoms with E-state index in [9.17, 15) is 4.79 Å². The van der Waals surface area contributed by atoms with Crippen molar-refractivity contribution < 1.29 is 0 Å². The Hall–Kier alpha value is -3.60. The van der Waals surface area contributed by atoms with Gasteiger partial charge in [-0.15, -0.1) is 11.3 Å². The monoisotopic (exact) mass is 487 g/mol. The molecule has 0 spiro atoms. The van der Waals surface area contributed by atoms with Crippen LogP contribution in [-0.2, 0) is 0 Å². The molecule has 0 fully saturated rings. The molecule has 0 atom stereocenters. The SMILES string of the molecule is O=c1c2c(sc3ccc(-c4ccc(N5c6ccccc6Sc6ccccc65)cc4)cc13)=CCCC=2. The number of benzene rings is 4. The van der Waals surface area contributed by atoms with Crippen LogP contribution in [0, 0.1) is 0 Å². The molecule has 0 radical (unpaired) electrons. The average Bonchev–Trinajstić information content (AvgIpc) is 2.92. The molecule has 7 rings (SSSR count). The van der Waals surface area contributed by atoms with Gasteiger partial charge in [-0.3, -0.25) is 4.79 Å². The summed E-state index contributed by atoms with van der Waals surface area (Å²) in [6.45, 7) is 0. The zero-order valence-corrected chi connectivity index (χ0v) is 20.5. The van der Waals surface area contributed by atoms with E-state index >= 15 is 0 Å². The van der Waals surface area contributed by atoms with Crippen molar-refractivity contribution in [2.75, 3.05) is 4.90 Å². The number of hydrogen-bond acceptors (Lipinski definition) is 4. The lowest BCUT2D eigenvalue weighted by molar-refractivity contribution is 1.12. The van der Waals surface area contributed by atoms with Crippen molar-refractivity contribution in [3.63, 3.8) is 0 Å². The number of fused-ring (bicyclic) bond motifs is 4. The van der Waals surface area contributed by atoms with Gasteiger partial charge in [-0.25, -0.2) is 0 Å². The first kappa shape index (κ1) is 20.7. The number of nitrogens with zero attached hydrogens (tertiary/aromatic N) is 1. The summed E-state index contributed by atoms with van der Waals surface area (Å²) < 4.78 is 2.17. The Morgan fingerprint density at radius 1 is 0.686 bits per heavy atom. The van der Waals surface area contributed by atoms with E-state index < -0.39 is 0 Å². The third-order valence-electron chi connectivity index (χ3n) is 6.69. The van der Waals surface area contributed by atoms with Crippen LogP contribution in [0.15, 0.2) is 106 Å². The highest BCUT2D eigenvalue weighted by Crippen LogP contribution is 2.51. The fraction of sp³-hybridized carbons (Fsp3) is 0.0645. The predicted molar refractivity (Wildman–Crippen MR) is 150 cm³/mol. The molecule has 0 unspecified atom stereocenters. The lowest BCUT2D eigenvalue weighted by Gasteiger charge is -2.32. The number of hydrogen-bond donors (Lipinski definition) is 0. The smallest absolute Gasteiger partial charge is 0.195 e. The third kappa shape index (κ3) is 3.44. The maximum atomic E-state index is 13.2. The van der Waals surface area contributed by atoms with Crippen molar-refractivity contribution in [2.24, 2.45) is 0 Å². The second-order valence-corrected chi connectivity index (χ2v) is 11.0. The minimum Gasteiger partial charge on any atom is -0.308 e. The Morgan fingerprint density at radius 2 is 1.34 bits per heavy atom. The molecule has 168 valence electrons. The molecule has 0 saturated heterocycles. The van der Waals surface area contributed by atoms with Crippen LogP contribution < -0.4 is 20.1 Å². The number of rotatable bonds is 2. The van der Waals surface area contributed by atoms with Gasteiger partial charge in [0.1, 0.15) is 0 Å². The molecule has 35 heavy (non-hydrogen) atoms. The Morgan fingerprint density at radius 3 is 2.09 bits per heavy atom. The summed E-state index contributed by atoms with van der Waals surface area (Å²) in [4.78, 5) is 18.0. The molecule has 4 aromatic carbocycles. The van der Waals surface area contributed by atoms with Crippen LogP contribution in [-0.4, -0.2) is 0 Å². The molecule has 4 heteroatoms. The van der Waals surface area contributed by atoms with Crippen LogP contribution in [0.25, 0.3) is 33.4 Å². The Kier molecular flexibility index (Phi) is 4.90. The fourth-order valence-corrected chi connectivity index (χ4v) is 7.16.